The third-order valence-corrected chi connectivity index (χ3v) is 3.97. The maximum absolute atomic E-state index is 13.4. The monoisotopic (exact) mass is 449 g/mol. The maximum Gasteiger partial charge on any atom is 0.191 e. The molecule has 5 nitrogen and oxygen atoms in total. The summed E-state index contributed by atoms with van der Waals surface area (Å²) in [6, 6.07) is 4.82. The minimum atomic E-state index is -0.229. The van der Waals surface area contributed by atoms with Crippen LogP contribution in [0.25, 0.3) is 0 Å². The second-order valence-electron chi connectivity index (χ2n) is 4.76. The summed E-state index contributed by atoms with van der Waals surface area (Å²) in [5, 5.41) is 10.5. The molecule has 0 aliphatic rings. The van der Waals surface area contributed by atoms with Crippen LogP contribution in [0.15, 0.2) is 40.5 Å². The summed E-state index contributed by atoms with van der Waals surface area (Å²) >= 11 is 1.60. The number of nitrogens with zero attached hydrogens (tertiary/aromatic N) is 3. The molecule has 0 aliphatic carbocycles. The number of guanidine groups is 1. The van der Waals surface area contributed by atoms with E-state index in [2.05, 4.69) is 20.7 Å². The summed E-state index contributed by atoms with van der Waals surface area (Å²) in [6.45, 7) is 1.15. The Morgan fingerprint density at radius 3 is 2.70 bits per heavy atom. The van der Waals surface area contributed by atoms with Gasteiger partial charge in [0.15, 0.2) is 5.96 Å². The van der Waals surface area contributed by atoms with Gasteiger partial charge in [-0.1, -0.05) is 0 Å². The van der Waals surface area contributed by atoms with Crippen LogP contribution in [0.5, 0.6) is 0 Å². The lowest BCUT2D eigenvalue weighted by atomic mass is 10.2. The van der Waals surface area contributed by atoms with Crippen LogP contribution < -0.4 is 10.6 Å². The molecular formula is C15H21FIN5S. The molecule has 1 heterocycles. The zero-order chi connectivity index (χ0) is 15.9. The molecule has 0 saturated carbocycles. The normalized spacial score (nSPS) is 11.0. The zero-order valence-corrected chi connectivity index (χ0v) is 16.5. The van der Waals surface area contributed by atoms with Gasteiger partial charge >= 0.3 is 0 Å². The Balaban J connectivity index is 0.00000264. The molecule has 2 rings (SSSR count). The van der Waals surface area contributed by atoms with Crippen molar-refractivity contribution in [2.24, 2.45) is 12.0 Å². The number of thioether (sulfide) groups is 1. The molecule has 0 saturated heterocycles. The van der Waals surface area contributed by atoms with Gasteiger partial charge in [-0.25, -0.2) is 4.39 Å². The van der Waals surface area contributed by atoms with E-state index in [0.29, 0.717) is 19.0 Å². The number of rotatable bonds is 5. The van der Waals surface area contributed by atoms with E-state index in [1.165, 1.54) is 6.07 Å². The molecular weight excluding hydrogens is 428 g/mol. The predicted octanol–water partition coefficient (Wildman–Crippen LogP) is 2.76. The van der Waals surface area contributed by atoms with Crippen molar-refractivity contribution < 1.29 is 4.39 Å². The molecule has 0 unspecified atom stereocenters. The van der Waals surface area contributed by atoms with Gasteiger partial charge in [0, 0.05) is 43.8 Å². The lowest BCUT2D eigenvalue weighted by molar-refractivity contribution is 0.622. The Hall–Kier alpha value is -1.29. The van der Waals surface area contributed by atoms with Gasteiger partial charge in [-0.3, -0.25) is 9.67 Å². The first-order chi connectivity index (χ1) is 10.6. The fourth-order valence-electron chi connectivity index (χ4n) is 2.03. The van der Waals surface area contributed by atoms with Gasteiger partial charge in [0.25, 0.3) is 0 Å². The summed E-state index contributed by atoms with van der Waals surface area (Å²) in [5.41, 5.74) is 1.98. The SMILES string of the molecule is CN=C(NCc1cnn(C)c1)NCc1cc(F)ccc1SC.I. The van der Waals surface area contributed by atoms with E-state index in [4.69, 9.17) is 0 Å². The van der Waals surface area contributed by atoms with E-state index < -0.39 is 0 Å². The van der Waals surface area contributed by atoms with E-state index in [1.807, 2.05) is 19.5 Å². The van der Waals surface area contributed by atoms with Crippen molar-refractivity contribution in [1.82, 2.24) is 20.4 Å². The topological polar surface area (TPSA) is 54.2 Å². The maximum atomic E-state index is 13.4. The second-order valence-corrected chi connectivity index (χ2v) is 5.61. The van der Waals surface area contributed by atoms with Crippen molar-refractivity contribution in [3.63, 3.8) is 0 Å². The Morgan fingerprint density at radius 1 is 1.35 bits per heavy atom. The lowest BCUT2D eigenvalue weighted by Crippen LogP contribution is -2.36. The standard InChI is InChI=1S/C15H20FN5S.HI/c1-17-15(18-7-11-8-20-21(2)10-11)19-9-12-6-13(16)4-5-14(12)22-3;/h4-6,8,10H,7,9H2,1-3H3,(H2,17,18,19);1H. The predicted molar refractivity (Wildman–Crippen MR) is 104 cm³/mol. The van der Waals surface area contributed by atoms with Crippen molar-refractivity contribution >= 4 is 41.7 Å². The average Bonchev–Trinajstić information content (AvgIpc) is 2.93. The molecule has 0 aliphatic heterocycles. The molecule has 0 bridgehead atoms. The van der Waals surface area contributed by atoms with Crippen molar-refractivity contribution in [2.75, 3.05) is 13.3 Å². The zero-order valence-electron chi connectivity index (χ0n) is 13.3. The highest BCUT2D eigenvalue weighted by molar-refractivity contribution is 14.0. The number of aromatic nitrogens is 2. The number of benzene rings is 1. The average molecular weight is 449 g/mol. The minimum absolute atomic E-state index is 0. The Kier molecular flexibility index (Phi) is 8.38. The summed E-state index contributed by atoms with van der Waals surface area (Å²) in [5.74, 6) is 0.438. The molecule has 1 aromatic heterocycles. The summed E-state index contributed by atoms with van der Waals surface area (Å²) < 4.78 is 15.1. The number of nitrogens with one attached hydrogen (secondary N) is 2. The van der Waals surface area contributed by atoms with Crippen molar-refractivity contribution in [3.8, 4) is 0 Å². The van der Waals surface area contributed by atoms with Crippen LogP contribution in [-0.4, -0.2) is 29.0 Å². The van der Waals surface area contributed by atoms with Crippen LogP contribution in [0, 0.1) is 5.82 Å². The highest BCUT2D eigenvalue weighted by Crippen LogP contribution is 2.21. The van der Waals surface area contributed by atoms with Crippen LogP contribution in [0.1, 0.15) is 11.1 Å². The van der Waals surface area contributed by atoms with Gasteiger partial charge in [0.05, 0.1) is 6.20 Å². The molecule has 1 aromatic carbocycles. The Bertz CT molecular complexity index is 659. The fourth-order valence-corrected chi connectivity index (χ4v) is 2.63. The second kappa shape index (κ2) is 9.76. The van der Waals surface area contributed by atoms with E-state index in [1.54, 1.807) is 41.8 Å². The van der Waals surface area contributed by atoms with Crippen LogP contribution in [0.4, 0.5) is 4.39 Å². The Morgan fingerprint density at radius 2 is 2.09 bits per heavy atom. The summed E-state index contributed by atoms with van der Waals surface area (Å²) in [6.07, 6.45) is 5.73. The van der Waals surface area contributed by atoms with Crippen LogP contribution in [0.3, 0.4) is 0 Å². The Labute approximate surface area is 157 Å². The van der Waals surface area contributed by atoms with Crippen molar-refractivity contribution in [1.29, 1.82) is 0 Å². The van der Waals surface area contributed by atoms with E-state index in [-0.39, 0.29) is 29.8 Å². The molecule has 0 spiro atoms. The first-order valence-electron chi connectivity index (χ1n) is 6.87. The van der Waals surface area contributed by atoms with Gasteiger partial charge < -0.3 is 10.6 Å². The molecule has 23 heavy (non-hydrogen) atoms. The summed E-state index contributed by atoms with van der Waals surface area (Å²) in [4.78, 5) is 5.22. The van der Waals surface area contributed by atoms with E-state index >= 15 is 0 Å². The number of hydrogen-bond acceptors (Lipinski definition) is 3. The molecule has 2 N–H and O–H groups in total. The molecule has 0 fully saturated rings. The molecule has 126 valence electrons. The third-order valence-electron chi connectivity index (χ3n) is 3.13. The molecule has 0 atom stereocenters. The lowest BCUT2D eigenvalue weighted by Gasteiger charge is -2.13. The molecule has 0 amide bonds. The van der Waals surface area contributed by atoms with Gasteiger partial charge in [-0.2, -0.15) is 5.10 Å². The van der Waals surface area contributed by atoms with E-state index in [0.717, 1.165) is 16.0 Å². The largest absolute Gasteiger partial charge is 0.352 e. The van der Waals surface area contributed by atoms with E-state index in [9.17, 15) is 4.39 Å². The highest BCUT2D eigenvalue weighted by Gasteiger charge is 2.05. The van der Waals surface area contributed by atoms with Gasteiger partial charge in [0.1, 0.15) is 5.82 Å². The molecule has 8 heteroatoms. The summed E-state index contributed by atoms with van der Waals surface area (Å²) in [7, 11) is 3.59. The molecule has 0 radical (unpaired) electrons. The number of halogens is 2. The first kappa shape index (κ1) is 19.8. The number of hydrogen-bond donors (Lipinski definition) is 2. The van der Waals surface area contributed by atoms with Crippen LogP contribution >= 0.6 is 35.7 Å². The molecule has 2 aromatic rings. The van der Waals surface area contributed by atoms with Gasteiger partial charge in [-0.15, -0.1) is 35.7 Å². The third kappa shape index (κ3) is 6.02. The first-order valence-corrected chi connectivity index (χ1v) is 8.09. The fraction of sp³-hybridized carbons (Fsp3) is 0.333. The van der Waals surface area contributed by atoms with Crippen LogP contribution in [0.2, 0.25) is 0 Å². The highest BCUT2D eigenvalue weighted by atomic mass is 127. The minimum Gasteiger partial charge on any atom is -0.352 e. The van der Waals surface area contributed by atoms with Crippen molar-refractivity contribution in [3.05, 3.63) is 47.5 Å². The number of aryl methyl sites for hydroxylation is 1. The van der Waals surface area contributed by atoms with Crippen LogP contribution in [-0.2, 0) is 20.1 Å². The smallest absolute Gasteiger partial charge is 0.191 e. The van der Waals surface area contributed by atoms with Gasteiger partial charge in [-0.05, 0) is 30.0 Å². The quantitative estimate of drug-likeness (QED) is 0.319. The van der Waals surface area contributed by atoms with Crippen molar-refractivity contribution in [2.45, 2.75) is 18.0 Å². The number of aliphatic imine (C=N–C) groups is 1. The van der Waals surface area contributed by atoms with Gasteiger partial charge in [0.2, 0.25) is 0 Å².